The molecule has 1 atom stereocenters. The summed E-state index contributed by atoms with van der Waals surface area (Å²) in [6, 6.07) is 0. The predicted octanol–water partition coefficient (Wildman–Crippen LogP) is 1.22. The van der Waals surface area contributed by atoms with Crippen LogP contribution in [0.2, 0.25) is 0 Å². The van der Waals surface area contributed by atoms with Gasteiger partial charge in [0.1, 0.15) is 0 Å². The van der Waals surface area contributed by atoms with Gasteiger partial charge in [0.2, 0.25) is 0 Å². The molecule has 0 aromatic heterocycles. The summed E-state index contributed by atoms with van der Waals surface area (Å²) in [6.45, 7) is 0. The Morgan fingerprint density at radius 2 is 2.07 bits per heavy atom. The van der Waals surface area contributed by atoms with Crippen LogP contribution in [0.25, 0.3) is 0 Å². The Kier molecular flexibility index (Phi) is 4.09. The summed E-state index contributed by atoms with van der Waals surface area (Å²) >= 11 is 0. The molecule has 0 saturated heterocycles. The standard InChI is InChI=1S/C11H14O4/c1-14-10(12)8-6-4-3-5-7-9(8)11(13)15-2/h3-4,6,9H,5,7H2,1-2H3. The largest absolute Gasteiger partial charge is 0.469 e. The van der Waals surface area contributed by atoms with Crippen LogP contribution in [0.4, 0.5) is 0 Å². The van der Waals surface area contributed by atoms with Crippen molar-refractivity contribution < 1.29 is 19.1 Å². The van der Waals surface area contributed by atoms with Crippen LogP contribution in [0.5, 0.6) is 0 Å². The zero-order chi connectivity index (χ0) is 11.3. The fourth-order valence-corrected chi connectivity index (χ4v) is 1.52. The van der Waals surface area contributed by atoms with E-state index in [0.717, 1.165) is 6.42 Å². The average molecular weight is 210 g/mol. The fourth-order valence-electron chi connectivity index (χ4n) is 1.52. The molecular weight excluding hydrogens is 196 g/mol. The van der Waals surface area contributed by atoms with Crippen molar-refractivity contribution in [1.29, 1.82) is 0 Å². The molecule has 1 aliphatic carbocycles. The van der Waals surface area contributed by atoms with E-state index in [2.05, 4.69) is 9.47 Å². The van der Waals surface area contributed by atoms with E-state index in [1.165, 1.54) is 14.2 Å². The van der Waals surface area contributed by atoms with Crippen molar-refractivity contribution in [3.63, 3.8) is 0 Å². The molecule has 0 radical (unpaired) electrons. The lowest BCUT2D eigenvalue weighted by atomic mass is 9.95. The first-order chi connectivity index (χ1) is 7.20. The molecule has 0 aromatic rings. The van der Waals surface area contributed by atoms with E-state index in [4.69, 9.17) is 0 Å². The molecule has 82 valence electrons. The number of carbonyl (C=O) groups is 2. The smallest absolute Gasteiger partial charge is 0.334 e. The Morgan fingerprint density at radius 3 is 2.67 bits per heavy atom. The number of methoxy groups -OCH3 is 2. The maximum atomic E-state index is 11.5. The van der Waals surface area contributed by atoms with Crippen LogP contribution >= 0.6 is 0 Å². The van der Waals surface area contributed by atoms with Gasteiger partial charge in [-0.05, 0) is 12.8 Å². The summed E-state index contributed by atoms with van der Waals surface area (Å²) in [5.74, 6) is -1.38. The fraction of sp³-hybridized carbons (Fsp3) is 0.455. The molecule has 0 saturated carbocycles. The lowest BCUT2D eigenvalue weighted by Gasteiger charge is -2.14. The van der Waals surface area contributed by atoms with Gasteiger partial charge in [0.15, 0.2) is 0 Å². The second kappa shape index (κ2) is 5.34. The van der Waals surface area contributed by atoms with E-state index in [1.807, 2.05) is 6.08 Å². The van der Waals surface area contributed by atoms with Gasteiger partial charge in [-0.1, -0.05) is 18.2 Å². The van der Waals surface area contributed by atoms with E-state index in [-0.39, 0.29) is 0 Å². The maximum absolute atomic E-state index is 11.5. The Bertz CT molecular complexity index is 315. The molecular formula is C11H14O4. The number of hydrogen-bond donors (Lipinski definition) is 0. The number of allylic oxidation sites excluding steroid dienone is 3. The number of ether oxygens (including phenoxy) is 2. The average Bonchev–Trinajstić information content (AvgIpc) is 2.52. The third kappa shape index (κ3) is 2.68. The summed E-state index contributed by atoms with van der Waals surface area (Å²) in [5.41, 5.74) is 0.359. The lowest BCUT2D eigenvalue weighted by Crippen LogP contribution is -2.23. The summed E-state index contributed by atoms with van der Waals surface area (Å²) in [7, 11) is 2.61. The van der Waals surface area contributed by atoms with Crippen LogP contribution in [0.3, 0.4) is 0 Å². The molecule has 0 spiro atoms. The van der Waals surface area contributed by atoms with E-state index < -0.39 is 17.9 Å². The monoisotopic (exact) mass is 210 g/mol. The van der Waals surface area contributed by atoms with Crippen molar-refractivity contribution in [2.24, 2.45) is 5.92 Å². The normalized spacial score (nSPS) is 20.1. The zero-order valence-electron chi connectivity index (χ0n) is 8.86. The summed E-state index contributed by atoms with van der Waals surface area (Å²) in [6.07, 6.45) is 6.60. The highest BCUT2D eigenvalue weighted by atomic mass is 16.5. The number of esters is 2. The van der Waals surface area contributed by atoms with Gasteiger partial charge in [-0.2, -0.15) is 0 Å². The topological polar surface area (TPSA) is 52.6 Å². The SMILES string of the molecule is COC(=O)C1=CC=CCCC1C(=O)OC. The lowest BCUT2D eigenvalue weighted by molar-refractivity contribution is -0.147. The van der Waals surface area contributed by atoms with Crippen molar-refractivity contribution >= 4 is 11.9 Å². The number of hydrogen-bond acceptors (Lipinski definition) is 4. The Hall–Kier alpha value is -1.58. The van der Waals surface area contributed by atoms with Gasteiger partial charge in [0.05, 0.1) is 25.7 Å². The molecule has 0 fully saturated rings. The van der Waals surface area contributed by atoms with Crippen LogP contribution in [0, 0.1) is 5.92 Å². The second-order valence-corrected chi connectivity index (χ2v) is 3.19. The van der Waals surface area contributed by atoms with Gasteiger partial charge >= 0.3 is 11.9 Å². The minimum absolute atomic E-state index is 0.359. The van der Waals surface area contributed by atoms with Crippen molar-refractivity contribution in [3.05, 3.63) is 23.8 Å². The van der Waals surface area contributed by atoms with Crippen LogP contribution in [0.1, 0.15) is 12.8 Å². The van der Waals surface area contributed by atoms with Crippen molar-refractivity contribution in [3.8, 4) is 0 Å². The minimum Gasteiger partial charge on any atom is -0.469 e. The first-order valence-corrected chi connectivity index (χ1v) is 4.73. The third-order valence-corrected chi connectivity index (χ3v) is 2.32. The van der Waals surface area contributed by atoms with E-state index in [0.29, 0.717) is 12.0 Å². The highest BCUT2D eigenvalue weighted by Crippen LogP contribution is 2.23. The summed E-state index contributed by atoms with van der Waals surface area (Å²) in [5, 5.41) is 0. The molecule has 1 aliphatic rings. The van der Waals surface area contributed by atoms with Gasteiger partial charge < -0.3 is 9.47 Å². The minimum atomic E-state index is -0.516. The zero-order valence-corrected chi connectivity index (χ0v) is 8.86. The maximum Gasteiger partial charge on any atom is 0.334 e. The van der Waals surface area contributed by atoms with E-state index in [9.17, 15) is 9.59 Å². The van der Waals surface area contributed by atoms with Crippen molar-refractivity contribution in [1.82, 2.24) is 0 Å². The highest BCUT2D eigenvalue weighted by molar-refractivity contribution is 5.95. The van der Waals surface area contributed by atoms with Crippen LogP contribution in [-0.4, -0.2) is 26.2 Å². The predicted molar refractivity (Wildman–Crippen MR) is 54.0 cm³/mol. The van der Waals surface area contributed by atoms with Crippen molar-refractivity contribution in [2.75, 3.05) is 14.2 Å². The molecule has 15 heavy (non-hydrogen) atoms. The molecule has 4 heteroatoms. The highest BCUT2D eigenvalue weighted by Gasteiger charge is 2.28. The van der Waals surface area contributed by atoms with E-state index >= 15 is 0 Å². The Labute approximate surface area is 88.6 Å². The molecule has 0 aromatic carbocycles. The van der Waals surface area contributed by atoms with Crippen LogP contribution in [-0.2, 0) is 19.1 Å². The summed E-state index contributed by atoms with van der Waals surface area (Å²) in [4.78, 5) is 22.9. The molecule has 1 unspecified atom stereocenters. The quantitative estimate of drug-likeness (QED) is 0.643. The van der Waals surface area contributed by atoms with Gasteiger partial charge in [0.25, 0.3) is 0 Å². The first-order valence-electron chi connectivity index (χ1n) is 4.73. The Morgan fingerprint density at radius 1 is 1.33 bits per heavy atom. The first kappa shape index (κ1) is 11.5. The molecule has 0 amide bonds. The number of rotatable bonds is 2. The third-order valence-electron chi connectivity index (χ3n) is 2.32. The van der Waals surface area contributed by atoms with Gasteiger partial charge in [-0.3, -0.25) is 4.79 Å². The number of carbonyl (C=O) groups excluding carboxylic acids is 2. The van der Waals surface area contributed by atoms with Gasteiger partial charge in [0, 0.05) is 0 Å². The molecule has 1 rings (SSSR count). The van der Waals surface area contributed by atoms with Crippen LogP contribution in [0.15, 0.2) is 23.8 Å². The van der Waals surface area contributed by atoms with Gasteiger partial charge in [-0.25, -0.2) is 4.79 Å². The molecule has 0 heterocycles. The van der Waals surface area contributed by atoms with Crippen LogP contribution < -0.4 is 0 Å². The molecule has 0 N–H and O–H groups in total. The van der Waals surface area contributed by atoms with Gasteiger partial charge in [-0.15, -0.1) is 0 Å². The molecule has 0 aliphatic heterocycles. The molecule has 0 bridgehead atoms. The van der Waals surface area contributed by atoms with E-state index in [1.54, 1.807) is 12.2 Å². The van der Waals surface area contributed by atoms with Crippen molar-refractivity contribution in [2.45, 2.75) is 12.8 Å². The molecule has 4 nitrogen and oxygen atoms in total. The summed E-state index contributed by atoms with van der Waals surface area (Å²) < 4.78 is 9.28. The Balaban J connectivity index is 2.92. The second-order valence-electron chi connectivity index (χ2n) is 3.19.